The van der Waals surface area contributed by atoms with Gasteiger partial charge in [0.2, 0.25) is 5.91 Å². The van der Waals surface area contributed by atoms with Crippen molar-refractivity contribution < 1.29 is 9.59 Å². The van der Waals surface area contributed by atoms with Crippen LogP contribution in [0.5, 0.6) is 0 Å². The fraction of sp³-hybridized carbons (Fsp3) is 0.316. The summed E-state index contributed by atoms with van der Waals surface area (Å²) in [6, 6.07) is 11.1. The van der Waals surface area contributed by atoms with Crippen molar-refractivity contribution in [3.8, 4) is 0 Å². The van der Waals surface area contributed by atoms with Crippen molar-refractivity contribution >= 4 is 29.3 Å². The highest BCUT2D eigenvalue weighted by atomic mass is 32.2. The molecule has 0 bridgehead atoms. The van der Waals surface area contributed by atoms with E-state index in [1.807, 2.05) is 36.0 Å². The van der Waals surface area contributed by atoms with Gasteiger partial charge in [-0.3, -0.25) is 14.6 Å². The smallest absolute Gasteiger partial charge is 0.255 e. The second-order valence-corrected chi connectivity index (χ2v) is 7.25. The van der Waals surface area contributed by atoms with Gasteiger partial charge in [-0.25, -0.2) is 0 Å². The molecule has 1 aromatic heterocycles. The Labute approximate surface area is 157 Å². The molecule has 0 radical (unpaired) electrons. The van der Waals surface area contributed by atoms with Gasteiger partial charge in [-0.15, -0.1) is 0 Å². The molecule has 7 heteroatoms. The molecular weight excluding hydrogens is 348 g/mol. The average molecular weight is 370 g/mol. The Hall–Kier alpha value is -2.38. The standard InChI is InChI=1S/C19H22N4O2S/c24-18(11-17-13-26-9-8-21-17)22-12-14-2-1-3-16(10-14)23-19(25)15-4-6-20-7-5-15/h1-7,10,17,21H,8-9,11-13H2,(H,22,24)(H,23,25). The molecule has 136 valence electrons. The molecule has 0 spiro atoms. The van der Waals surface area contributed by atoms with Crippen molar-refractivity contribution in [1.82, 2.24) is 15.6 Å². The number of benzene rings is 1. The SMILES string of the molecule is O=C(CC1CSCCN1)NCc1cccc(NC(=O)c2ccncc2)c1. The van der Waals surface area contributed by atoms with Crippen LogP contribution in [0.1, 0.15) is 22.3 Å². The first kappa shape index (κ1) is 18.4. The van der Waals surface area contributed by atoms with Crippen LogP contribution in [-0.2, 0) is 11.3 Å². The van der Waals surface area contributed by atoms with Gasteiger partial charge in [0.25, 0.3) is 5.91 Å². The second-order valence-electron chi connectivity index (χ2n) is 6.10. The number of nitrogens with zero attached hydrogens (tertiary/aromatic N) is 1. The quantitative estimate of drug-likeness (QED) is 0.725. The monoisotopic (exact) mass is 370 g/mol. The van der Waals surface area contributed by atoms with Gasteiger partial charge in [-0.05, 0) is 29.8 Å². The van der Waals surface area contributed by atoms with Crippen LogP contribution in [-0.4, -0.2) is 40.9 Å². The molecule has 3 N–H and O–H groups in total. The largest absolute Gasteiger partial charge is 0.352 e. The van der Waals surface area contributed by atoms with Gasteiger partial charge in [0, 0.05) is 60.7 Å². The maximum absolute atomic E-state index is 12.2. The summed E-state index contributed by atoms with van der Waals surface area (Å²) in [5, 5.41) is 9.17. The van der Waals surface area contributed by atoms with Gasteiger partial charge >= 0.3 is 0 Å². The third-order valence-electron chi connectivity index (χ3n) is 4.05. The predicted molar refractivity (Wildman–Crippen MR) is 104 cm³/mol. The molecule has 0 saturated carbocycles. The fourth-order valence-corrected chi connectivity index (χ4v) is 3.66. The molecule has 6 nitrogen and oxygen atoms in total. The second kappa shape index (κ2) is 9.35. The molecule has 0 aliphatic carbocycles. The molecule has 3 rings (SSSR count). The Kier molecular flexibility index (Phi) is 6.62. The lowest BCUT2D eigenvalue weighted by atomic mass is 10.1. The summed E-state index contributed by atoms with van der Waals surface area (Å²) in [4.78, 5) is 28.2. The van der Waals surface area contributed by atoms with Gasteiger partial charge in [0.15, 0.2) is 0 Å². The summed E-state index contributed by atoms with van der Waals surface area (Å²) in [6.45, 7) is 1.40. The fourth-order valence-electron chi connectivity index (χ4n) is 2.71. The third kappa shape index (κ3) is 5.57. The summed E-state index contributed by atoms with van der Waals surface area (Å²) in [5.74, 6) is 1.94. The first-order valence-electron chi connectivity index (χ1n) is 8.59. The number of anilines is 1. The van der Waals surface area contributed by atoms with Crippen LogP contribution in [0.2, 0.25) is 0 Å². The predicted octanol–water partition coefficient (Wildman–Crippen LogP) is 2.05. The number of nitrogens with one attached hydrogen (secondary N) is 3. The highest BCUT2D eigenvalue weighted by Gasteiger charge is 2.16. The Bertz CT molecular complexity index is 748. The summed E-state index contributed by atoms with van der Waals surface area (Å²) >= 11 is 1.88. The van der Waals surface area contributed by atoms with Gasteiger partial charge in [-0.1, -0.05) is 12.1 Å². The van der Waals surface area contributed by atoms with E-state index in [2.05, 4.69) is 20.9 Å². The van der Waals surface area contributed by atoms with Crippen molar-refractivity contribution in [3.63, 3.8) is 0 Å². The normalized spacial score (nSPS) is 16.7. The van der Waals surface area contributed by atoms with Crippen molar-refractivity contribution in [2.45, 2.75) is 19.0 Å². The van der Waals surface area contributed by atoms with Gasteiger partial charge in [-0.2, -0.15) is 11.8 Å². The Morgan fingerprint density at radius 3 is 2.85 bits per heavy atom. The van der Waals surface area contributed by atoms with Gasteiger partial charge in [0.1, 0.15) is 0 Å². The summed E-state index contributed by atoms with van der Waals surface area (Å²) in [7, 11) is 0. The first-order valence-corrected chi connectivity index (χ1v) is 9.74. The molecule has 2 amide bonds. The number of carbonyl (C=O) groups excluding carboxylic acids is 2. The molecule has 1 saturated heterocycles. The summed E-state index contributed by atoms with van der Waals surface area (Å²) < 4.78 is 0. The minimum absolute atomic E-state index is 0.0382. The number of thioether (sulfide) groups is 1. The van der Waals surface area contributed by atoms with E-state index in [1.54, 1.807) is 24.5 Å². The van der Waals surface area contributed by atoms with E-state index in [4.69, 9.17) is 0 Å². The third-order valence-corrected chi connectivity index (χ3v) is 5.18. The molecule has 1 unspecified atom stereocenters. The average Bonchev–Trinajstić information content (AvgIpc) is 2.68. The number of aromatic nitrogens is 1. The number of hydrogen-bond acceptors (Lipinski definition) is 5. The molecule has 26 heavy (non-hydrogen) atoms. The van der Waals surface area contributed by atoms with Gasteiger partial charge in [0.05, 0.1) is 0 Å². The van der Waals surface area contributed by atoms with Gasteiger partial charge < -0.3 is 16.0 Å². The van der Waals surface area contributed by atoms with Crippen LogP contribution in [0, 0.1) is 0 Å². The van der Waals surface area contributed by atoms with Crippen LogP contribution in [0.15, 0.2) is 48.8 Å². The molecule has 1 aliphatic rings. The molecule has 1 aromatic carbocycles. The summed E-state index contributed by atoms with van der Waals surface area (Å²) in [6.07, 6.45) is 3.66. The van der Waals surface area contributed by atoms with Crippen LogP contribution >= 0.6 is 11.8 Å². The molecule has 1 aliphatic heterocycles. The Morgan fingerprint density at radius 1 is 1.23 bits per heavy atom. The molecular formula is C19H22N4O2S. The van der Waals surface area contributed by atoms with E-state index in [9.17, 15) is 9.59 Å². The first-order chi connectivity index (χ1) is 12.7. The van der Waals surface area contributed by atoms with E-state index in [1.165, 1.54) is 0 Å². The van der Waals surface area contributed by atoms with E-state index < -0.39 is 0 Å². The Balaban J connectivity index is 1.50. The molecule has 1 atom stereocenters. The molecule has 2 aromatic rings. The van der Waals surface area contributed by atoms with Crippen LogP contribution < -0.4 is 16.0 Å². The zero-order valence-electron chi connectivity index (χ0n) is 14.4. The zero-order valence-corrected chi connectivity index (χ0v) is 15.2. The topological polar surface area (TPSA) is 83.1 Å². The minimum atomic E-state index is -0.186. The van der Waals surface area contributed by atoms with E-state index in [0.717, 1.165) is 23.6 Å². The lowest BCUT2D eigenvalue weighted by Gasteiger charge is -2.22. The van der Waals surface area contributed by atoms with Crippen molar-refractivity contribution in [2.24, 2.45) is 0 Å². The maximum atomic E-state index is 12.2. The lowest BCUT2D eigenvalue weighted by Crippen LogP contribution is -2.41. The zero-order chi connectivity index (χ0) is 18.2. The molecule has 2 heterocycles. The maximum Gasteiger partial charge on any atom is 0.255 e. The van der Waals surface area contributed by atoms with E-state index in [-0.39, 0.29) is 17.9 Å². The number of rotatable bonds is 6. The van der Waals surface area contributed by atoms with Crippen molar-refractivity contribution in [2.75, 3.05) is 23.4 Å². The van der Waals surface area contributed by atoms with E-state index >= 15 is 0 Å². The number of amides is 2. The Morgan fingerprint density at radius 2 is 2.08 bits per heavy atom. The minimum Gasteiger partial charge on any atom is -0.352 e. The highest BCUT2D eigenvalue weighted by molar-refractivity contribution is 7.99. The van der Waals surface area contributed by atoms with Crippen LogP contribution in [0.25, 0.3) is 0 Å². The number of carbonyl (C=O) groups is 2. The number of hydrogen-bond donors (Lipinski definition) is 3. The number of pyridine rings is 1. The molecule has 1 fully saturated rings. The van der Waals surface area contributed by atoms with Crippen LogP contribution in [0.4, 0.5) is 5.69 Å². The summed E-state index contributed by atoms with van der Waals surface area (Å²) in [5.41, 5.74) is 2.19. The van der Waals surface area contributed by atoms with Crippen molar-refractivity contribution in [1.29, 1.82) is 0 Å². The lowest BCUT2D eigenvalue weighted by molar-refractivity contribution is -0.121. The van der Waals surface area contributed by atoms with E-state index in [0.29, 0.717) is 24.2 Å². The van der Waals surface area contributed by atoms with Crippen LogP contribution in [0.3, 0.4) is 0 Å². The highest BCUT2D eigenvalue weighted by Crippen LogP contribution is 2.13. The van der Waals surface area contributed by atoms with Crippen molar-refractivity contribution in [3.05, 3.63) is 59.9 Å².